The lowest BCUT2D eigenvalue weighted by molar-refractivity contribution is -0.124. The number of rotatable bonds is 3. The van der Waals surface area contributed by atoms with E-state index in [1.165, 1.54) is 22.8 Å². The van der Waals surface area contributed by atoms with Crippen LogP contribution in [0, 0.1) is 5.82 Å². The molecule has 0 bridgehead atoms. The minimum Gasteiger partial charge on any atom is -0.354 e. The molecule has 0 radical (unpaired) electrons. The summed E-state index contributed by atoms with van der Waals surface area (Å²) in [5.74, 6) is -0.905. The Morgan fingerprint density at radius 2 is 2.08 bits per heavy atom. The van der Waals surface area contributed by atoms with E-state index < -0.39 is 11.9 Å². The molecule has 0 saturated carbocycles. The van der Waals surface area contributed by atoms with Gasteiger partial charge in [-0.05, 0) is 43.2 Å². The molecule has 132 valence electrons. The molecule has 2 amide bonds. The lowest BCUT2D eigenvalue weighted by Crippen LogP contribution is -2.50. The number of nitrogens with one attached hydrogen (secondary N) is 2. The number of carbonyl (C=O) groups is 2. The fourth-order valence-electron chi connectivity index (χ4n) is 3.04. The molecule has 3 heterocycles. The van der Waals surface area contributed by atoms with Gasteiger partial charge >= 0.3 is 0 Å². The van der Waals surface area contributed by atoms with Gasteiger partial charge in [0.15, 0.2) is 5.65 Å². The van der Waals surface area contributed by atoms with E-state index in [1.54, 1.807) is 24.4 Å². The third-order valence-electron chi connectivity index (χ3n) is 4.38. The highest BCUT2D eigenvalue weighted by Gasteiger charge is 2.25. The number of hydrogen-bond acceptors (Lipinski definition) is 4. The van der Waals surface area contributed by atoms with Crippen molar-refractivity contribution in [2.45, 2.75) is 18.9 Å². The predicted molar refractivity (Wildman–Crippen MR) is 91.9 cm³/mol. The summed E-state index contributed by atoms with van der Waals surface area (Å²) in [7, 11) is 0. The molecule has 1 saturated heterocycles. The van der Waals surface area contributed by atoms with E-state index in [2.05, 4.69) is 20.7 Å². The average Bonchev–Trinajstić information content (AvgIpc) is 3.09. The molecule has 4 rings (SSSR count). The Labute approximate surface area is 148 Å². The molecule has 1 aliphatic rings. The summed E-state index contributed by atoms with van der Waals surface area (Å²) >= 11 is 0. The maximum Gasteiger partial charge on any atom is 0.257 e. The number of carbonyl (C=O) groups excluding carboxylic acids is 2. The fourth-order valence-corrected chi connectivity index (χ4v) is 3.04. The van der Waals surface area contributed by atoms with Crippen LogP contribution < -0.4 is 10.6 Å². The van der Waals surface area contributed by atoms with Gasteiger partial charge in [-0.1, -0.05) is 0 Å². The van der Waals surface area contributed by atoms with Crippen LogP contribution in [-0.2, 0) is 4.79 Å². The minimum atomic E-state index is -0.550. The molecular weight excluding hydrogens is 337 g/mol. The quantitative estimate of drug-likeness (QED) is 0.748. The van der Waals surface area contributed by atoms with E-state index in [9.17, 15) is 14.0 Å². The van der Waals surface area contributed by atoms with E-state index in [-0.39, 0.29) is 17.3 Å². The first-order valence-corrected chi connectivity index (χ1v) is 8.31. The van der Waals surface area contributed by atoms with Gasteiger partial charge in [0.25, 0.3) is 5.91 Å². The summed E-state index contributed by atoms with van der Waals surface area (Å²) in [6, 6.07) is 7.19. The molecule has 2 N–H and O–H groups in total. The van der Waals surface area contributed by atoms with Crippen molar-refractivity contribution >= 4 is 17.5 Å². The van der Waals surface area contributed by atoms with Crippen LogP contribution in [0.25, 0.3) is 16.9 Å². The molecule has 0 aliphatic carbocycles. The van der Waals surface area contributed by atoms with Crippen molar-refractivity contribution in [2.75, 3.05) is 6.54 Å². The Morgan fingerprint density at radius 3 is 2.85 bits per heavy atom. The standard InChI is InChI=1S/C18H16FN5O2/c19-12-5-3-11(4-6-12)15-7-9-20-16-13(10-22-24(15)16)17(25)23-14-2-1-8-21-18(14)26/h3-7,9-10,14H,1-2,8H2,(H,21,26)(H,23,25)/t14-/m0/s1. The number of fused-ring (bicyclic) bond motifs is 1. The van der Waals surface area contributed by atoms with E-state index in [1.807, 2.05) is 0 Å². The van der Waals surface area contributed by atoms with Gasteiger partial charge in [0, 0.05) is 18.3 Å². The zero-order valence-electron chi connectivity index (χ0n) is 13.8. The average molecular weight is 353 g/mol. The van der Waals surface area contributed by atoms with Crippen LogP contribution in [0.1, 0.15) is 23.2 Å². The topological polar surface area (TPSA) is 88.4 Å². The van der Waals surface area contributed by atoms with Crippen LogP contribution in [0.4, 0.5) is 4.39 Å². The van der Waals surface area contributed by atoms with E-state index in [0.29, 0.717) is 24.3 Å². The van der Waals surface area contributed by atoms with E-state index in [0.717, 1.165) is 12.0 Å². The highest BCUT2D eigenvalue weighted by molar-refractivity contribution is 6.02. The van der Waals surface area contributed by atoms with Gasteiger partial charge in [-0.2, -0.15) is 5.10 Å². The molecule has 3 aromatic rings. The molecule has 1 aromatic carbocycles. The summed E-state index contributed by atoms with van der Waals surface area (Å²) in [6.07, 6.45) is 4.41. The van der Waals surface area contributed by atoms with Crippen LogP contribution in [0.15, 0.2) is 42.7 Å². The van der Waals surface area contributed by atoms with Gasteiger partial charge in [-0.15, -0.1) is 0 Å². The molecule has 1 fully saturated rings. The van der Waals surface area contributed by atoms with Gasteiger partial charge < -0.3 is 10.6 Å². The lowest BCUT2D eigenvalue weighted by Gasteiger charge is -2.22. The van der Waals surface area contributed by atoms with Crippen molar-refractivity contribution in [1.29, 1.82) is 0 Å². The number of piperidine rings is 1. The Balaban J connectivity index is 1.67. The maximum absolute atomic E-state index is 13.2. The highest BCUT2D eigenvalue weighted by Crippen LogP contribution is 2.21. The molecule has 0 unspecified atom stereocenters. The van der Waals surface area contributed by atoms with Crippen molar-refractivity contribution < 1.29 is 14.0 Å². The molecular formula is C18H16FN5O2. The second-order valence-electron chi connectivity index (χ2n) is 6.09. The monoisotopic (exact) mass is 353 g/mol. The summed E-state index contributed by atoms with van der Waals surface area (Å²) < 4.78 is 14.7. The van der Waals surface area contributed by atoms with E-state index >= 15 is 0 Å². The summed E-state index contributed by atoms with van der Waals surface area (Å²) in [5, 5.41) is 9.72. The van der Waals surface area contributed by atoms with Gasteiger partial charge in [0.2, 0.25) is 5.91 Å². The highest BCUT2D eigenvalue weighted by atomic mass is 19.1. The van der Waals surface area contributed by atoms with Crippen LogP contribution in [-0.4, -0.2) is 39.0 Å². The zero-order valence-corrected chi connectivity index (χ0v) is 13.8. The molecule has 1 aliphatic heterocycles. The molecule has 1 atom stereocenters. The first kappa shape index (κ1) is 16.2. The number of amides is 2. The predicted octanol–water partition coefficient (Wildman–Crippen LogP) is 1.54. The van der Waals surface area contributed by atoms with Crippen molar-refractivity contribution in [3.05, 3.63) is 54.1 Å². The second kappa shape index (κ2) is 6.55. The van der Waals surface area contributed by atoms with Crippen LogP contribution in [0.2, 0.25) is 0 Å². The molecule has 8 heteroatoms. The van der Waals surface area contributed by atoms with Crippen LogP contribution in [0.3, 0.4) is 0 Å². The first-order chi connectivity index (χ1) is 12.6. The van der Waals surface area contributed by atoms with Crippen molar-refractivity contribution in [3.8, 4) is 11.3 Å². The maximum atomic E-state index is 13.2. The van der Waals surface area contributed by atoms with Gasteiger partial charge in [-0.25, -0.2) is 13.9 Å². The minimum absolute atomic E-state index is 0.180. The third-order valence-corrected chi connectivity index (χ3v) is 4.38. The Kier molecular flexibility index (Phi) is 4.08. The third kappa shape index (κ3) is 2.90. The number of halogens is 1. The Morgan fingerprint density at radius 1 is 1.27 bits per heavy atom. The number of nitrogens with zero attached hydrogens (tertiary/aromatic N) is 3. The summed E-state index contributed by atoms with van der Waals surface area (Å²) in [6.45, 7) is 0.629. The molecule has 26 heavy (non-hydrogen) atoms. The number of benzene rings is 1. The van der Waals surface area contributed by atoms with Crippen LogP contribution in [0.5, 0.6) is 0 Å². The van der Waals surface area contributed by atoms with Crippen LogP contribution >= 0.6 is 0 Å². The summed E-state index contributed by atoms with van der Waals surface area (Å²) in [5.41, 5.74) is 2.10. The van der Waals surface area contributed by atoms with Gasteiger partial charge in [0.05, 0.1) is 11.9 Å². The van der Waals surface area contributed by atoms with Gasteiger partial charge in [-0.3, -0.25) is 9.59 Å². The largest absolute Gasteiger partial charge is 0.354 e. The lowest BCUT2D eigenvalue weighted by atomic mass is 10.1. The van der Waals surface area contributed by atoms with Crippen molar-refractivity contribution in [2.24, 2.45) is 0 Å². The zero-order chi connectivity index (χ0) is 18.1. The molecule has 0 spiro atoms. The smallest absolute Gasteiger partial charge is 0.257 e. The van der Waals surface area contributed by atoms with E-state index in [4.69, 9.17) is 0 Å². The van der Waals surface area contributed by atoms with Crippen molar-refractivity contribution in [1.82, 2.24) is 25.2 Å². The van der Waals surface area contributed by atoms with Crippen molar-refractivity contribution in [3.63, 3.8) is 0 Å². The summed E-state index contributed by atoms with van der Waals surface area (Å²) in [4.78, 5) is 28.7. The normalized spacial score (nSPS) is 17.1. The first-order valence-electron chi connectivity index (χ1n) is 8.31. The Bertz CT molecular complexity index is 983. The SMILES string of the molecule is O=C(N[C@H]1CCCNC1=O)c1cnn2c(-c3ccc(F)cc3)ccnc12. The fraction of sp³-hybridized carbons (Fsp3) is 0.222. The Hall–Kier alpha value is -3.29. The molecule has 7 nitrogen and oxygen atoms in total. The number of aromatic nitrogens is 3. The van der Waals surface area contributed by atoms with Gasteiger partial charge in [0.1, 0.15) is 17.4 Å². The molecule has 2 aromatic heterocycles. The second-order valence-corrected chi connectivity index (χ2v) is 6.09. The number of hydrogen-bond donors (Lipinski definition) is 2.